The van der Waals surface area contributed by atoms with Crippen molar-refractivity contribution in [1.82, 2.24) is 4.98 Å². The molecule has 0 saturated heterocycles. The first-order chi connectivity index (χ1) is 8.27. The Morgan fingerprint density at radius 1 is 1.41 bits per heavy atom. The first-order valence-corrected chi connectivity index (χ1v) is 5.45. The van der Waals surface area contributed by atoms with Gasteiger partial charge in [0.15, 0.2) is 5.75 Å². The van der Waals surface area contributed by atoms with E-state index < -0.39 is 5.97 Å². The Bertz CT molecular complexity index is 532. The summed E-state index contributed by atoms with van der Waals surface area (Å²) in [4.78, 5) is 15.7. The van der Waals surface area contributed by atoms with Crippen LogP contribution in [0.3, 0.4) is 0 Å². The number of carbonyl (C=O) groups excluding carboxylic acids is 1. The van der Waals surface area contributed by atoms with Crippen LogP contribution in [0.5, 0.6) is 5.75 Å². The smallest absolute Gasteiger partial charge is 0.378 e. The Balaban J connectivity index is 2.53. The molecule has 5 nitrogen and oxygen atoms in total. The van der Waals surface area contributed by atoms with Gasteiger partial charge in [0.25, 0.3) is 5.76 Å². The zero-order valence-electron chi connectivity index (χ0n) is 9.73. The molecule has 90 valence electrons. The average molecular weight is 235 g/mol. The van der Waals surface area contributed by atoms with E-state index in [9.17, 15) is 4.79 Å². The minimum atomic E-state index is -0.533. The molecule has 0 atom stereocenters. The number of ether oxygens (including phenoxy) is 2. The molecule has 0 aliphatic rings. The lowest BCUT2D eigenvalue weighted by Gasteiger charge is -2.03. The van der Waals surface area contributed by atoms with Gasteiger partial charge in [-0.05, 0) is 26.0 Å². The summed E-state index contributed by atoms with van der Waals surface area (Å²) in [5.41, 5.74) is 0.374. The second-order valence-electron chi connectivity index (χ2n) is 3.27. The summed E-state index contributed by atoms with van der Waals surface area (Å²) < 4.78 is 15.7. The lowest BCUT2D eigenvalue weighted by Crippen LogP contribution is -2.05. The number of nitrogens with zero attached hydrogens (tertiary/aromatic N) is 1. The fourth-order valence-corrected chi connectivity index (χ4v) is 1.53. The molecule has 0 bridgehead atoms. The predicted molar refractivity (Wildman–Crippen MR) is 61.1 cm³/mol. The highest BCUT2D eigenvalue weighted by atomic mass is 16.6. The van der Waals surface area contributed by atoms with E-state index in [1.54, 1.807) is 25.3 Å². The van der Waals surface area contributed by atoms with Gasteiger partial charge in [0.2, 0.25) is 5.71 Å². The Hall–Kier alpha value is -2.04. The normalized spacial score (nSPS) is 10.5. The van der Waals surface area contributed by atoms with E-state index in [4.69, 9.17) is 13.9 Å². The van der Waals surface area contributed by atoms with Crippen molar-refractivity contribution >= 4 is 17.1 Å². The van der Waals surface area contributed by atoms with E-state index in [0.29, 0.717) is 23.5 Å². The fourth-order valence-electron chi connectivity index (χ4n) is 1.53. The van der Waals surface area contributed by atoms with E-state index in [1.165, 1.54) is 0 Å². The fraction of sp³-hybridized carbons (Fsp3) is 0.333. The van der Waals surface area contributed by atoms with Gasteiger partial charge in [0, 0.05) is 6.20 Å². The quantitative estimate of drug-likeness (QED) is 0.761. The van der Waals surface area contributed by atoms with Crippen LogP contribution in [0.1, 0.15) is 24.4 Å². The van der Waals surface area contributed by atoms with Crippen LogP contribution in [-0.4, -0.2) is 24.2 Å². The van der Waals surface area contributed by atoms with Crippen LogP contribution >= 0.6 is 0 Å². The molecule has 2 heterocycles. The number of fused-ring (bicyclic) bond motifs is 1. The van der Waals surface area contributed by atoms with E-state index >= 15 is 0 Å². The number of carbonyl (C=O) groups is 1. The minimum absolute atomic E-state index is 0.0717. The summed E-state index contributed by atoms with van der Waals surface area (Å²) in [7, 11) is 0. The summed E-state index contributed by atoms with van der Waals surface area (Å²) in [6.07, 6.45) is 1.59. The zero-order chi connectivity index (χ0) is 12.3. The third-order valence-electron chi connectivity index (χ3n) is 2.17. The Labute approximate surface area is 98.3 Å². The molecule has 5 heteroatoms. The lowest BCUT2D eigenvalue weighted by atomic mass is 10.3. The van der Waals surface area contributed by atoms with Crippen molar-refractivity contribution < 1.29 is 18.7 Å². The monoisotopic (exact) mass is 235 g/mol. The number of esters is 1. The summed E-state index contributed by atoms with van der Waals surface area (Å²) in [5.74, 6) is -0.0644. The molecule has 0 aromatic carbocycles. The highest BCUT2D eigenvalue weighted by molar-refractivity contribution is 5.97. The van der Waals surface area contributed by atoms with Crippen molar-refractivity contribution in [2.24, 2.45) is 0 Å². The molecule has 0 N–H and O–H groups in total. The van der Waals surface area contributed by atoms with E-state index in [2.05, 4.69) is 4.98 Å². The Morgan fingerprint density at radius 3 is 2.94 bits per heavy atom. The van der Waals surface area contributed by atoms with Gasteiger partial charge in [-0.15, -0.1) is 0 Å². The van der Waals surface area contributed by atoms with Crippen LogP contribution in [0.4, 0.5) is 0 Å². The van der Waals surface area contributed by atoms with Crippen molar-refractivity contribution in [3.63, 3.8) is 0 Å². The second kappa shape index (κ2) is 4.86. The van der Waals surface area contributed by atoms with Gasteiger partial charge in [-0.1, -0.05) is 0 Å². The highest BCUT2D eigenvalue weighted by Crippen LogP contribution is 2.32. The maximum atomic E-state index is 11.7. The largest absolute Gasteiger partial charge is 0.489 e. The standard InChI is InChI=1S/C12H13NO4/c1-3-15-9-8-6-5-7-13-11(8)17-10(9)12(14)16-4-2/h5-7H,3-4H2,1-2H3. The van der Waals surface area contributed by atoms with Crippen molar-refractivity contribution in [2.45, 2.75) is 13.8 Å². The molecule has 0 radical (unpaired) electrons. The summed E-state index contributed by atoms with van der Waals surface area (Å²) in [5, 5.41) is 0.678. The zero-order valence-corrected chi connectivity index (χ0v) is 9.73. The maximum absolute atomic E-state index is 11.7. The van der Waals surface area contributed by atoms with Gasteiger partial charge in [0.05, 0.1) is 18.6 Å². The van der Waals surface area contributed by atoms with Gasteiger partial charge in [-0.25, -0.2) is 9.78 Å². The van der Waals surface area contributed by atoms with Crippen molar-refractivity contribution in [2.75, 3.05) is 13.2 Å². The number of hydrogen-bond acceptors (Lipinski definition) is 5. The number of aromatic nitrogens is 1. The van der Waals surface area contributed by atoms with Crippen LogP contribution in [0.25, 0.3) is 11.1 Å². The summed E-state index contributed by atoms with van der Waals surface area (Å²) >= 11 is 0. The Kier molecular flexibility index (Phi) is 3.27. The number of furan rings is 1. The van der Waals surface area contributed by atoms with Gasteiger partial charge in [-0.2, -0.15) is 0 Å². The molecule has 0 amide bonds. The first kappa shape index (κ1) is 11.4. The van der Waals surface area contributed by atoms with Crippen molar-refractivity contribution in [3.05, 3.63) is 24.1 Å². The molecule has 2 aromatic heterocycles. The van der Waals surface area contributed by atoms with Crippen LogP contribution in [0, 0.1) is 0 Å². The molecule has 2 rings (SSSR count). The molecule has 0 saturated carbocycles. The van der Waals surface area contributed by atoms with E-state index in [0.717, 1.165) is 0 Å². The Morgan fingerprint density at radius 2 is 2.24 bits per heavy atom. The summed E-state index contributed by atoms with van der Waals surface area (Å²) in [6, 6.07) is 3.55. The molecular formula is C12H13NO4. The molecule has 0 unspecified atom stereocenters. The molecule has 0 aliphatic carbocycles. The molecule has 17 heavy (non-hydrogen) atoms. The topological polar surface area (TPSA) is 61.6 Å². The van der Waals surface area contributed by atoms with Crippen molar-refractivity contribution in [1.29, 1.82) is 0 Å². The van der Waals surface area contributed by atoms with E-state index in [1.807, 2.05) is 6.92 Å². The SMILES string of the molecule is CCOC(=O)c1oc2ncccc2c1OCC. The first-order valence-electron chi connectivity index (χ1n) is 5.45. The number of rotatable bonds is 4. The van der Waals surface area contributed by atoms with Gasteiger partial charge in [0.1, 0.15) is 0 Å². The summed E-state index contributed by atoms with van der Waals surface area (Å²) in [6.45, 7) is 4.30. The third kappa shape index (κ3) is 2.08. The second-order valence-corrected chi connectivity index (χ2v) is 3.27. The van der Waals surface area contributed by atoms with Gasteiger partial charge < -0.3 is 13.9 Å². The third-order valence-corrected chi connectivity index (χ3v) is 2.17. The highest BCUT2D eigenvalue weighted by Gasteiger charge is 2.23. The van der Waals surface area contributed by atoms with Crippen molar-refractivity contribution in [3.8, 4) is 5.75 Å². The van der Waals surface area contributed by atoms with E-state index in [-0.39, 0.29) is 12.4 Å². The van der Waals surface area contributed by atoms with Gasteiger partial charge >= 0.3 is 5.97 Å². The minimum Gasteiger partial charge on any atom is -0.489 e. The molecule has 0 spiro atoms. The molecule has 0 fully saturated rings. The lowest BCUT2D eigenvalue weighted by molar-refractivity contribution is 0.0486. The molecular weight excluding hydrogens is 222 g/mol. The van der Waals surface area contributed by atoms with Crippen LogP contribution in [-0.2, 0) is 4.74 Å². The molecule has 2 aromatic rings. The van der Waals surface area contributed by atoms with Crippen LogP contribution in [0.2, 0.25) is 0 Å². The predicted octanol–water partition coefficient (Wildman–Crippen LogP) is 2.40. The van der Waals surface area contributed by atoms with Crippen LogP contribution < -0.4 is 4.74 Å². The number of hydrogen-bond donors (Lipinski definition) is 0. The number of pyridine rings is 1. The average Bonchev–Trinajstić information content (AvgIpc) is 2.70. The maximum Gasteiger partial charge on any atom is 0.378 e. The van der Waals surface area contributed by atoms with Gasteiger partial charge in [-0.3, -0.25) is 0 Å². The van der Waals surface area contributed by atoms with Crippen LogP contribution in [0.15, 0.2) is 22.7 Å². The molecule has 0 aliphatic heterocycles.